The van der Waals surface area contributed by atoms with E-state index in [-0.39, 0.29) is 0 Å². The maximum Gasteiger partial charge on any atom is 0.162 e. The van der Waals surface area contributed by atoms with Crippen LogP contribution in [-0.2, 0) is 9.53 Å². The first-order valence-corrected chi connectivity index (χ1v) is 5.41. The summed E-state index contributed by atoms with van der Waals surface area (Å²) in [4.78, 5) is 11.8. The van der Waals surface area contributed by atoms with E-state index < -0.39 is 0 Å². The molecule has 0 aromatic carbocycles. The van der Waals surface area contributed by atoms with Gasteiger partial charge >= 0.3 is 0 Å². The van der Waals surface area contributed by atoms with E-state index >= 15 is 0 Å². The number of carbonyl (C=O) groups is 1. The van der Waals surface area contributed by atoms with E-state index in [2.05, 4.69) is 5.32 Å². The summed E-state index contributed by atoms with van der Waals surface area (Å²) in [7, 11) is 0. The van der Waals surface area contributed by atoms with Crippen LogP contribution in [0.4, 0.5) is 0 Å². The topological polar surface area (TPSA) is 38.3 Å². The van der Waals surface area contributed by atoms with Gasteiger partial charge < -0.3 is 10.1 Å². The zero-order valence-electron chi connectivity index (χ0n) is 8.42. The molecule has 0 aromatic heterocycles. The molecule has 1 N–H and O–H groups in total. The molecule has 0 aliphatic carbocycles. The second-order valence-corrected chi connectivity index (χ2v) is 4.10. The highest BCUT2D eigenvalue weighted by Crippen LogP contribution is 2.19. The van der Waals surface area contributed by atoms with Gasteiger partial charge in [-0.1, -0.05) is 0 Å². The van der Waals surface area contributed by atoms with E-state index in [1.807, 2.05) is 0 Å². The van der Waals surface area contributed by atoms with Gasteiger partial charge in [0.2, 0.25) is 0 Å². The number of hydrogen-bond acceptors (Lipinski definition) is 3. The van der Waals surface area contributed by atoms with Gasteiger partial charge in [-0.2, -0.15) is 0 Å². The third-order valence-corrected chi connectivity index (χ3v) is 2.93. The van der Waals surface area contributed by atoms with Gasteiger partial charge in [-0.05, 0) is 38.3 Å². The summed E-state index contributed by atoms with van der Waals surface area (Å²) in [6, 6.07) is 0. The maximum absolute atomic E-state index is 11.8. The smallest absolute Gasteiger partial charge is 0.162 e. The van der Waals surface area contributed by atoms with Gasteiger partial charge in [0, 0.05) is 12.0 Å². The average Bonchev–Trinajstić information content (AvgIpc) is 2.72. The zero-order valence-corrected chi connectivity index (χ0v) is 8.42. The van der Waals surface area contributed by atoms with Crippen molar-refractivity contribution < 1.29 is 9.53 Å². The lowest BCUT2D eigenvalue weighted by Gasteiger charge is -2.14. The fraction of sp³-hybridized carbons (Fsp3) is 0.727. The molecule has 0 radical (unpaired) electrons. The molecule has 0 aromatic rings. The lowest BCUT2D eigenvalue weighted by Crippen LogP contribution is -2.15. The molecule has 1 atom stereocenters. The molecular formula is C11H17NO2. The van der Waals surface area contributed by atoms with Crippen LogP contribution in [0.2, 0.25) is 0 Å². The number of carbonyl (C=O) groups excluding carboxylic acids is 1. The van der Waals surface area contributed by atoms with Gasteiger partial charge in [-0.25, -0.2) is 0 Å². The molecule has 2 aliphatic rings. The lowest BCUT2D eigenvalue weighted by atomic mass is 9.95. The average molecular weight is 195 g/mol. The maximum atomic E-state index is 11.8. The molecule has 2 heterocycles. The molecule has 14 heavy (non-hydrogen) atoms. The van der Waals surface area contributed by atoms with Crippen molar-refractivity contribution >= 4 is 5.78 Å². The van der Waals surface area contributed by atoms with Gasteiger partial charge in [-0.3, -0.25) is 4.79 Å². The first-order valence-electron chi connectivity index (χ1n) is 5.41. The number of rotatable bonds is 3. The van der Waals surface area contributed by atoms with Crippen molar-refractivity contribution in [1.29, 1.82) is 0 Å². The van der Waals surface area contributed by atoms with Crippen LogP contribution in [0.15, 0.2) is 11.8 Å². The Morgan fingerprint density at radius 1 is 1.64 bits per heavy atom. The summed E-state index contributed by atoms with van der Waals surface area (Å²) in [6.07, 6.45) is 5.38. The second kappa shape index (κ2) is 4.60. The van der Waals surface area contributed by atoms with Crippen LogP contribution in [0.3, 0.4) is 0 Å². The first-order chi connectivity index (χ1) is 6.86. The van der Waals surface area contributed by atoms with Crippen LogP contribution >= 0.6 is 0 Å². The van der Waals surface area contributed by atoms with Crippen LogP contribution in [0.25, 0.3) is 0 Å². The Bertz CT molecular complexity index is 242. The minimum absolute atomic E-state index is 0.290. The number of hydrogen-bond donors (Lipinski definition) is 1. The molecule has 1 fully saturated rings. The Kier molecular flexibility index (Phi) is 3.19. The summed E-state index contributed by atoms with van der Waals surface area (Å²) in [6.45, 7) is 2.83. The summed E-state index contributed by atoms with van der Waals surface area (Å²) < 4.78 is 5.17. The second-order valence-electron chi connectivity index (χ2n) is 4.10. The molecule has 1 unspecified atom stereocenters. The summed E-state index contributed by atoms with van der Waals surface area (Å²) in [5, 5.41) is 3.28. The predicted molar refractivity (Wildman–Crippen MR) is 53.9 cm³/mol. The lowest BCUT2D eigenvalue weighted by molar-refractivity contribution is -0.116. The number of allylic oxidation sites excluding steroid dienone is 1. The van der Waals surface area contributed by atoms with Gasteiger partial charge in [0.05, 0.1) is 12.9 Å². The van der Waals surface area contributed by atoms with Crippen molar-refractivity contribution in [3.63, 3.8) is 0 Å². The van der Waals surface area contributed by atoms with E-state index in [0.717, 1.165) is 44.5 Å². The van der Waals surface area contributed by atoms with E-state index in [1.165, 1.54) is 0 Å². The van der Waals surface area contributed by atoms with Crippen molar-refractivity contribution in [1.82, 2.24) is 5.32 Å². The van der Waals surface area contributed by atoms with Crippen LogP contribution in [-0.4, -0.2) is 25.5 Å². The van der Waals surface area contributed by atoms with Gasteiger partial charge in [0.15, 0.2) is 5.78 Å². The van der Waals surface area contributed by atoms with Crippen molar-refractivity contribution in [3.8, 4) is 0 Å². The van der Waals surface area contributed by atoms with Crippen molar-refractivity contribution in [2.24, 2.45) is 5.92 Å². The van der Waals surface area contributed by atoms with Gasteiger partial charge in [0.1, 0.15) is 0 Å². The third kappa shape index (κ3) is 2.35. The van der Waals surface area contributed by atoms with E-state index in [9.17, 15) is 4.79 Å². The predicted octanol–water partition coefficient (Wildman–Crippen LogP) is 1.25. The van der Waals surface area contributed by atoms with Crippen LogP contribution in [0.1, 0.15) is 25.7 Å². The molecule has 0 spiro atoms. The fourth-order valence-electron chi connectivity index (χ4n) is 2.05. The van der Waals surface area contributed by atoms with Crippen molar-refractivity contribution in [2.75, 3.05) is 19.7 Å². The Hall–Kier alpha value is -0.830. The summed E-state index contributed by atoms with van der Waals surface area (Å²) >= 11 is 0. The Balaban J connectivity index is 1.84. The number of nitrogens with one attached hydrogen (secondary N) is 1. The zero-order chi connectivity index (χ0) is 9.80. The molecule has 3 nitrogen and oxygen atoms in total. The Labute approximate surface area is 84.5 Å². The normalized spacial score (nSPS) is 26.9. The molecule has 2 aliphatic heterocycles. The number of ether oxygens (including phenoxy) is 1. The molecule has 1 saturated heterocycles. The van der Waals surface area contributed by atoms with E-state index in [0.29, 0.717) is 18.1 Å². The SMILES string of the molecule is O=C(CC1CCNC1)C1=COCCC1. The van der Waals surface area contributed by atoms with E-state index in [1.54, 1.807) is 6.26 Å². The molecule has 78 valence electrons. The minimum Gasteiger partial charge on any atom is -0.501 e. The van der Waals surface area contributed by atoms with Crippen molar-refractivity contribution in [3.05, 3.63) is 11.8 Å². The Morgan fingerprint density at radius 3 is 3.21 bits per heavy atom. The molecule has 0 amide bonds. The van der Waals surface area contributed by atoms with Gasteiger partial charge in [-0.15, -0.1) is 0 Å². The fourth-order valence-corrected chi connectivity index (χ4v) is 2.05. The molecule has 2 rings (SSSR count). The Morgan fingerprint density at radius 2 is 2.57 bits per heavy atom. The van der Waals surface area contributed by atoms with Crippen LogP contribution < -0.4 is 5.32 Å². The molecule has 0 saturated carbocycles. The number of Topliss-reactive ketones (excluding diaryl/α,β-unsaturated/α-hetero) is 1. The minimum atomic E-state index is 0.290. The highest BCUT2D eigenvalue weighted by molar-refractivity contribution is 5.95. The highest BCUT2D eigenvalue weighted by Gasteiger charge is 2.21. The van der Waals surface area contributed by atoms with Crippen LogP contribution in [0, 0.1) is 5.92 Å². The van der Waals surface area contributed by atoms with Crippen molar-refractivity contribution in [2.45, 2.75) is 25.7 Å². The molecular weight excluding hydrogens is 178 g/mol. The summed E-state index contributed by atoms with van der Waals surface area (Å²) in [5.41, 5.74) is 0.892. The van der Waals surface area contributed by atoms with Gasteiger partial charge in [0.25, 0.3) is 0 Å². The monoisotopic (exact) mass is 195 g/mol. The standard InChI is InChI=1S/C11H17NO2/c13-11(6-9-3-4-12-7-9)10-2-1-5-14-8-10/h8-9,12H,1-7H2. The van der Waals surface area contributed by atoms with Crippen LogP contribution in [0.5, 0.6) is 0 Å². The number of ketones is 1. The summed E-state index contributed by atoms with van der Waals surface area (Å²) in [5.74, 6) is 0.837. The highest BCUT2D eigenvalue weighted by atomic mass is 16.5. The largest absolute Gasteiger partial charge is 0.501 e. The quantitative estimate of drug-likeness (QED) is 0.736. The van der Waals surface area contributed by atoms with E-state index in [4.69, 9.17) is 4.74 Å². The molecule has 0 bridgehead atoms. The third-order valence-electron chi connectivity index (χ3n) is 2.93. The molecule has 3 heteroatoms. The first kappa shape index (κ1) is 9.71.